The van der Waals surface area contributed by atoms with Gasteiger partial charge in [0.1, 0.15) is 11.6 Å². The van der Waals surface area contributed by atoms with Gasteiger partial charge in [0.25, 0.3) is 0 Å². The summed E-state index contributed by atoms with van der Waals surface area (Å²) in [4.78, 5) is 31.6. The number of halogens is 2. The van der Waals surface area contributed by atoms with E-state index in [2.05, 4.69) is 20.6 Å². The molecule has 2 aromatic heterocycles. The molecule has 3 heterocycles. The van der Waals surface area contributed by atoms with Crippen molar-refractivity contribution in [1.29, 1.82) is 0 Å². The molecule has 0 bridgehead atoms. The fourth-order valence-electron chi connectivity index (χ4n) is 4.62. The van der Waals surface area contributed by atoms with Gasteiger partial charge in [-0.2, -0.15) is 0 Å². The van der Waals surface area contributed by atoms with Crippen molar-refractivity contribution in [3.63, 3.8) is 0 Å². The number of carbonyl (C=O) groups excluding carboxylic acids is 1. The summed E-state index contributed by atoms with van der Waals surface area (Å²) in [6, 6.07) is 8.63. The minimum Gasteiger partial charge on any atom is -0.378 e. The molecule has 3 aromatic rings. The van der Waals surface area contributed by atoms with Crippen molar-refractivity contribution < 1.29 is 9.72 Å². The van der Waals surface area contributed by atoms with Crippen LogP contribution in [0, 0.1) is 10.1 Å². The van der Waals surface area contributed by atoms with Gasteiger partial charge in [0.2, 0.25) is 12.2 Å². The molecule has 5 N–H and O–H groups in total. The first kappa shape index (κ1) is 26.7. The monoisotopic (exact) mass is 545 g/mol. The summed E-state index contributed by atoms with van der Waals surface area (Å²) in [6.07, 6.45) is 7.19. The fourth-order valence-corrected chi connectivity index (χ4v) is 5.13. The summed E-state index contributed by atoms with van der Waals surface area (Å²) in [7, 11) is 0. The molecule has 1 aliphatic rings. The van der Waals surface area contributed by atoms with Crippen LogP contribution in [0.3, 0.4) is 0 Å². The normalized spacial score (nSPS) is 15.0. The molecule has 0 aliphatic carbocycles. The average Bonchev–Trinajstić information content (AvgIpc) is 3.53. The largest absolute Gasteiger partial charge is 0.378 e. The highest BCUT2D eigenvalue weighted by Crippen LogP contribution is 2.37. The van der Waals surface area contributed by atoms with Gasteiger partial charge in [-0.25, -0.2) is 4.98 Å². The lowest BCUT2D eigenvalue weighted by molar-refractivity contribution is -0.384. The number of aromatic nitrogens is 2. The number of nitrogens with zero attached hydrogens (tertiary/aromatic N) is 3. The summed E-state index contributed by atoms with van der Waals surface area (Å²) < 4.78 is 0. The number of anilines is 3. The molecule has 1 aromatic carbocycles. The number of nitrogen functional groups attached to an aromatic ring is 1. The van der Waals surface area contributed by atoms with Crippen LogP contribution >= 0.6 is 23.2 Å². The molecule has 196 valence electrons. The van der Waals surface area contributed by atoms with Gasteiger partial charge in [0.15, 0.2) is 0 Å². The second-order valence-electron chi connectivity index (χ2n) is 8.92. The maximum absolute atomic E-state index is 12.1. The van der Waals surface area contributed by atoms with E-state index < -0.39 is 4.92 Å². The van der Waals surface area contributed by atoms with Crippen molar-refractivity contribution in [1.82, 2.24) is 15.3 Å². The number of nitrogens with one attached hydrogen (secondary N) is 3. The van der Waals surface area contributed by atoms with Crippen molar-refractivity contribution in [2.24, 2.45) is 0 Å². The molecule has 1 aliphatic heterocycles. The first-order valence-corrected chi connectivity index (χ1v) is 12.9. The molecule has 1 amide bonds. The van der Waals surface area contributed by atoms with Gasteiger partial charge >= 0.3 is 5.69 Å². The third-order valence-corrected chi connectivity index (χ3v) is 7.04. The molecule has 1 saturated heterocycles. The Morgan fingerprint density at radius 3 is 2.78 bits per heavy atom. The highest BCUT2D eigenvalue weighted by Gasteiger charge is 2.21. The van der Waals surface area contributed by atoms with Crippen LogP contribution in [0.25, 0.3) is 11.1 Å². The zero-order valence-corrected chi connectivity index (χ0v) is 21.7. The maximum atomic E-state index is 12.1. The van der Waals surface area contributed by atoms with E-state index in [9.17, 15) is 14.9 Å². The maximum Gasteiger partial charge on any atom is 0.311 e. The predicted molar refractivity (Wildman–Crippen MR) is 147 cm³/mol. The Hall–Kier alpha value is -3.34. The minimum atomic E-state index is -0.565. The minimum absolute atomic E-state index is 0.138. The quantitative estimate of drug-likeness (QED) is 0.108. The lowest BCUT2D eigenvalue weighted by Gasteiger charge is -2.21. The lowest BCUT2D eigenvalue weighted by Crippen LogP contribution is -2.30. The van der Waals surface area contributed by atoms with Crippen LogP contribution in [0.1, 0.15) is 31.2 Å². The molecule has 1 unspecified atom stereocenters. The van der Waals surface area contributed by atoms with E-state index in [1.54, 1.807) is 17.0 Å². The van der Waals surface area contributed by atoms with Crippen molar-refractivity contribution in [3.05, 3.63) is 62.3 Å². The SMILES string of the molecule is Nc1nc(NCCCc2c(-c3ccc(Cl)cc3Cl)c[nH]c2N(C=O)CCC2CCCN2)ccc1[N+](=O)[O-]. The van der Waals surface area contributed by atoms with E-state index >= 15 is 0 Å². The Bertz CT molecular complexity index is 1260. The van der Waals surface area contributed by atoms with Crippen molar-refractivity contribution in [3.8, 4) is 11.1 Å². The second kappa shape index (κ2) is 12.3. The van der Waals surface area contributed by atoms with Gasteiger partial charge in [-0.1, -0.05) is 29.3 Å². The number of nitrogens with two attached hydrogens (primary N) is 1. The van der Waals surface area contributed by atoms with Crippen LogP contribution in [-0.4, -0.2) is 47.0 Å². The smallest absolute Gasteiger partial charge is 0.311 e. The van der Waals surface area contributed by atoms with E-state index in [4.69, 9.17) is 28.9 Å². The number of nitro groups is 1. The highest BCUT2D eigenvalue weighted by molar-refractivity contribution is 6.36. The zero-order valence-electron chi connectivity index (χ0n) is 20.2. The summed E-state index contributed by atoms with van der Waals surface area (Å²) in [5.74, 6) is 1.06. The van der Waals surface area contributed by atoms with Gasteiger partial charge in [0, 0.05) is 58.1 Å². The first-order valence-electron chi connectivity index (χ1n) is 12.1. The molecule has 4 rings (SSSR count). The van der Waals surface area contributed by atoms with Gasteiger partial charge in [-0.3, -0.25) is 14.9 Å². The van der Waals surface area contributed by atoms with E-state index in [1.807, 2.05) is 12.3 Å². The van der Waals surface area contributed by atoms with Crippen LogP contribution in [0.5, 0.6) is 0 Å². The third-order valence-electron chi connectivity index (χ3n) is 6.49. The van der Waals surface area contributed by atoms with Gasteiger partial charge in [-0.15, -0.1) is 0 Å². The standard InChI is InChI=1S/C25H29Cl2N7O3/c26-16-5-6-18(21(27)13-16)20-14-31-25(33(15-35)12-9-17-3-1-10-29-17)19(20)4-2-11-30-23-8-7-22(34(36)37)24(28)32-23/h5-8,13-15,17,29,31H,1-4,9-12H2,(H3,28,30,32). The number of hydrogen-bond acceptors (Lipinski definition) is 7. The van der Waals surface area contributed by atoms with Gasteiger partial charge < -0.3 is 26.3 Å². The number of pyridine rings is 1. The topological polar surface area (TPSA) is 142 Å². The summed E-state index contributed by atoms with van der Waals surface area (Å²) in [5.41, 5.74) is 8.16. The van der Waals surface area contributed by atoms with Crippen molar-refractivity contribution in [2.75, 3.05) is 35.6 Å². The average molecular weight is 546 g/mol. The number of H-pyrrole nitrogens is 1. The van der Waals surface area contributed by atoms with Crippen LogP contribution in [0.4, 0.5) is 23.1 Å². The Balaban J connectivity index is 1.51. The van der Waals surface area contributed by atoms with E-state index in [0.717, 1.165) is 54.7 Å². The summed E-state index contributed by atoms with van der Waals surface area (Å²) in [6.45, 7) is 2.14. The van der Waals surface area contributed by atoms with Gasteiger partial charge in [-0.05, 0) is 56.8 Å². The number of benzene rings is 1. The summed E-state index contributed by atoms with van der Waals surface area (Å²) >= 11 is 12.6. The van der Waals surface area contributed by atoms with E-state index in [1.165, 1.54) is 12.1 Å². The van der Waals surface area contributed by atoms with Crippen molar-refractivity contribution in [2.45, 2.75) is 38.1 Å². The molecule has 37 heavy (non-hydrogen) atoms. The van der Waals surface area contributed by atoms with E-state index in [0.29, 0.717) is 47.8 Å². The predicted octanol–water partition coefficient (Wildman–Crippen LogP) is 5.02. The fraction of sp³-hybridized carbons (Fsp3) is 0.360. The zero-order chi connectivity index (χ0) is 26.4. The Kier molecular flexibility index (Phi) is 8.86. The number of carbonyl (C=O) groups is 1. The lowest BCUT2D eigenvalue weighted by atomic mass is 10.00. The number of aromatic amines is 1. The van der Waals surface area contributed by atoms with Crippen LogP contribution < -0.4 is 21.3 Å². The Morgan fingerprint density at radius 1 is 1.27 bits per heavy atom. The molecule has 0 spiro atoms. The van der Waals surface area contributed by atoms with Gasteiger partial charge in [0.05, 0.1) is 4.92 Å². The highest BCUT2D eigenvalue weighted by atomic mass is 35.5. The molecule has 12 heteroatoms. The molecule has 0 saturated carbocycles. The molecular weight excluding hydrogens is 517 g/mol. The molecular formula is C25H29Cl2N7O3. The Morgan fingerprint density at radius 2 is 2.11 bits per heavy atom. The van der Waals surface area contributed by atoms with E-state index in [-0.39, 0.29) is 11.5 Å². The molecule has 10 nitrogen and oxygen atoms in total. The van der Waals surface area contributed by atoms with Crippen LogP contribution in [0.15, 0.2) is 36.5 Å². The molecule has 1 fully saturated rings. The first-order chi connectivity index (χ1) is 17.9. The second-order valence-corrected chi connectivity index (χ2v) is 9.77. The Labute approximate surface area is 224 Å². The third kappa shape index (κ3) is 6.51. The number of rotatable bonds is 12. The van der Waals surface area contributed by atoms with Crippen LogP contribution in [0.2, 0.25) is 10.0 Å². The summed E-state index contributed by atoms with van der Waals surface area (Å²) in [5, 5.41) is 18.7. The number of hydrogen-bond donors (Lipinski definition) is 4. The van der Waals surface area contributed by atoms with Crippen LogP contribution in [-0.2, 0) is 11.2 Å². The molecule has 1 atom stereocenters. The molecule has 0 radical (unpaired) electrons. The van der Waals surface area contributed by atoms with Crippen molar-refractivity contribution >= 4 is 52.8 Å². The number of amides is 1.